The summed E-state index contributed by atoms with van der Waals surface area (Å²) >= 11 is 0. The van der Waals surface area contributed by atoms with Gasteiger partial charge in [0.25, 0.3) is 0 Å². The van der Waals surface area contributed by atoms with Crippen LogP contribution in [0, 0.1) is 23.2 Å². The number of nitrogens with zero attached hydrogens (tertiary/aromatic N) is 1. The lowest BCUT2D eigenvalue weighted by atomic mass is 9.54. The molecular formula is C24H35ClN4O3. The SMILES string of the molecule is CCCNC(=O)[C@H](C)N(C(=O)OC12CC3CC(CC(C3)C1)C2)c1cccc(C(=N)N)c1.Cl. The van der Waals surface area contributed by atoms with Crippen molar-refractivity contribution in [3.63, 3.8) is 0 Å². The molecule has 4 N–H and O–H groups in total. The molecule has 5 rings (SSSR count). The maximum absolute atomic E-state index is 13.6. The Bertz CT molecular complexity index is 839. The molecule has 32 heavy (non-hydrogen) atoms. The number of benzene rings is 1. The number of carbonyl (C=O) groups is 2. The number of ether oxygens (including phenoxy) is 1. The summed E-state index contributed by atoms with van der Waals surface area (Å²) in [6.45, 7) is 4.25. The van der Waals surface area contributed by atoms with Gasteiger partial charge in [0.15, 0.2) is 0 Å². The molecule has 4 saturated carbocycles. The van der Waals surface area contributed by atoms with Gasteiger partial charge in [-0.1, -0.05) is 19.1 Å². The number of amides is 2. The number of nitrogens with one attached hydrogen (secondary N) is 2. The van der Waals surface area contributed by atoms with Gasteiger partial charge in [0.05, 0.1) is 0 Å². The van der Waals surface area contributed by atoms with E-state index in [1.165, 1.54) is 24.2 Å². The number of rotatable bonds is 7. The van der Waals surface area contributed by atoms with E-state index in [2.05, 4.69) is 5.32 Å². The van der Waals surface area contributed by atoms with Gasteiger partial charge in [0, 0.05) is 17.8 Å². The smallest absolute Gasteiger partial charge is 0.415 e. The molecule has 7 nitrogen and oxygen atoms in total. The summed E-state index contributed by atoms with van der Waals surface area (Å²) < 4.78 is 6.27. The molecule has 0 radical (unpaired) electrons. The third-order valence-corrected chi connectivity index (χ3v) is 7.23. The first-order chi connectivity index (χ1) is 14.8. The van der Waals surface area contributed by atoms with Crippen molar-refractivity contribution in [2.45, 2.75) is 70.4 Å². The lowest BCUT2D eigenvalue weighted by Gasteiger charge is -2.55. The fraction of sp³-hybridized carbons (Fsp3) is 0.625. The normalized spacial score (nSPS) is 28.4. The van der Waals surface area contributed by atoms with E-state index >= 15 is 0 Å². The molecule has 4 fully saturated rings. The molecule has 0 unspecified atom stereocenters. The maximum Gasteiger partial charge on any atom is 0.415 e. The molecule has 176 valence electrons. The molecule has 0 heterocycles. The van der Waals surface area contributed by atoms with Gasteiger partial charge >= 0.3 is 6.09 Å². The molecule has 2 amide bonds. The van der Waals surface area contributed by atoms with Crippen molar-refractivity contribution in [2.24, 2.45) is 23.5 Å². The second kappa shape index (κ2) is 9.69. The van der Waals surface area contributed by atoms with Crippen molar-refractivity contribution in [2.75, 3.05) is 11.4 Å². The van der Waals surface area contributed by atoms with E-state index in [4.69, 9.17) is 15.9 Å². The number of hydrogen-bond donors (Lipinski definition) is 3. The molecule has 0 aliphatic heterocycles. The molecule has 0 spiro atoms. The van der Waals surface area contributed by atoms with Crippen LogP contribution in [0.5, 0.6) is 0 Å². The molecule has 1 atom stereocenters. The minimum absolute atomic E-state index is 0. The Hall–Kier alpha value is -2.28. The molecule has 1 aromatic carbocycles. The Labute approximate surface area is 196 Å². The van der Waals surface area contributed by atoms with Gasteiger partial charge in [0.1, 0.15) is 17.5 Å². The van der Waals surface area contributed by atoms with Crippen LogP contribution in [0.25, 0.3) is 0 Å². The third kappa shape index (κ3) is 4.87. The Kier molecular flexibility index (Phi) is 7.38. The summed E-state index contributed by atoms with van der Waals surface area (Å²) in [5, 5.41) is 10.6. The van der Waals surface area contributed by atoms with E-state index in [0.29, 0.717) is 35.5 Å². The molecule has 4 aliphatic carbocycles. The molecule has 0 saturated heterocycles. The minimum atomic E-state index is -0.741. The lowest BCUT2D eigenvalue weighted by Crippen LogP contribution is -2.56. The zero-order valence-corrected chi connectivity index (χ0v) is 19.7. The number of amidine groups is 1. The second-order valence-electron chi connectivity index (χ2n) is 9.77. The third-order valence-electron chi connectivity index (χ3n) is 7.23. The van der Waals surface area contributed by atoms with Gasteiger partial charge in [-0.05, 0) is 81.8 Å². The highest BCUT2D eigenvalue weighted by molar-refractivity contribution is 6.00. The zero-order valence-electron chi connectivity index (χ0n) is 18.9. The molecule has 4 bridgehead atoms. The average Bonchev–Trinajstić information content (AvgIpc) is 2.70. The zero-order chi connectivity index (χ0) is 22.2. The van der Waals surface area contributed by atoms with E-state index in [9.17, 15) is 9.59 Å². The van der Waals surface area contributed by atoms with Crippen LogP contribution in [0.3, 0.4) is 0 Å². The number of hydrogen-bond acceptors (Lipinski definition) is 4. The quantitative estimate of drug-likeness (QED) is 0.416. The van der Waals surface area contributed by atoms with Gasteiger partial charge in [-0.25, -0.2) is 4.79 Å². The minimum Gasteiger partial charge on any atom is -0.442 e. The maximum atomic E-state index is 13.6. The Morgan fingerprint density at radius 2 is 1.81 bits per heavy atom. The fourth-order valence-corrected chi connectivity index (χ4v) is 6.21. The van der Waals surface area contributed by atoms with Crippen molar-refractivity contribution in [1.82, 2.24) is 5.32 Å². The van der Waals surface area contributed by atoms with Gasteiger partial charge < -0.3 is 15.8 Å². The van der Waals surface area contributed by atoms with Crippen molar-refractivity contribution < 1.29 is 14.3 Å². The number of anilines is 1. The molecule has 8 heteroatoms. The van der Waals surface area contributed by atoms with Crippen LogP contribution in [0.2, 0.25) is 0 Å². The monoisotopic (exact) mass is 462 g/mol. The predicted octanol–water partition coefficient (Wildman–Crippen LogP) is 4.22. The average molecular weight is 463 g/mol. The summed E-state index contributed by atoms with van der Waals surface area (Å²) in [7, 11) is 0. The molecule has 0 aromatic heterocycles. The van der Waals surface area contributed by atoms with Crippen LogP contribution < -0.4 is 16.0 Å². The first-order valence-corrected chi connectivity index (χ1v) is 11.5. The van der Waals surface area contributed by atoms with E-state index in [-0.39, 0.29) is 24.1 Å². The van der Waals surface area contributed by atoms with Crippen LogP contribution in [0.1, 0.15) is 64.4 Å². The number of carbonyl (C=O) groups excluding carboxylic acids is 2. The summed E-state index contributed by atoms with van der Waals surface area (Å²) in [5.41, 5.74) is 6.29. The Morgan fingerprint density at radius 3 is 2.34 bits per heavy atom. The molecule has 4 aliphatic rings. The van der Waals surface area contributed by atoms with Crippen LogP contribution in [-0.2, 0) is 9.53 Å². The van der Waals surface area contributed by atoms with Crippen molar-refractivity contribution in [1.29, 1.82) is 5.41 Å². The van der Waals surface area contributed by atoms with Crippen LogP contribution in [0.4, 0.5) is 10.5 Å². The number of nitrogens with two attached hydrogens (primary N) is 1. The fourth-order valence-electron chi connectivity index (χ4n) is 6.21. The predicted molar refractivity (Wildman–Crippen MR) is 127 cm³/mol. The van der Waals surface area contributed by atoms with Crippen molar-refractivity contribution in [3.8, 4) is 0 Å². The summed E-state index contributed by atoms with van der Waals surface area (Å²) in [5.74, 6) is 1.65. The highest BCUT2D eigenvalue weighted by atomic mass is 35.5. The highest BCUT2D eigenvalue weighted by Gasteiger charge is 2.53. The summed E-state index contributed by atoms with van der Waals surface area (Å²) in [4.78, 5) is 27.8. The largest absolute Gasteiger partial charge is 0.442 e. The molecule has 1 aromatic rings. The van der Waals surface area contributed by atoms with Crippen LogP contribution in [-0.4, -0.2) is 36.0 Å². The van der Waals surface area contributed by atoms with Crippen molar-refractivity contribution in [3.05, 3.63) is 29.8 Å². The van der Waals surface area contributed by atoms with Gasteiger partial charge in [-0.15, -0.1) is 12.4 Å². The lowest BCUT2D eigenvalue weighted by molar-refractivity contribution is -0.128. The first-order valence-electron chi connectivity index (χ1n) is 11.5. The summed E-state index contributed by atoms with van der Waals surface area (Å²) in [6, 6.07) is 6.16. The van der Waals surface area contributed by atoms with Crippen LogP contribution >= 0.6 is 12.4 Å². The number of halogens is 1. The second-order valence-corrected chi connectivity index (χ2v) is 9.77. The van der Waals surface area contributed by atoms with Gasteiger partial charge in [0.2, 0.25) is 5.91 Å². The topological polar surface area (TPSA) is 109 Å². The van der Waals surface area contributed by atoms with E-state index in [0.717, 1.165) is 25.7 Å². The van der Waals surface area contributed by atoms with Gasteiger partial charge in [-0.2, -0.15) is 0 Å². The number of nitrogen functional groups attached to an aromatic ring is 1. The summed E-state index contributed by atoms with van der Waals surface area (Å²) in [6.07, 6.45) is 6.91. The first kappa shape index (κ1) is 24.4. The van der Waals surface area contributed by atoms with Crippen LogP contribution in [0.15, 0.2) is 24.3 Å². The van der Waals surface area contributed by atoms with E-state index in [1.54, 1.807) is 31.2 Å². The Morgan fingerprint density at radius 1 is 1.22 bits per heavy atom. The highest BCUT2D eigenvalue weighted by Crippen LogP contribution is 2.57. The van der Waals surface area contributed by atoms with Gasteiger partial charge in [-0.3, -0.25) is 15.1 Å². The van der Waals surface area contributed by atoms with E-state index in [1.807, 2.05) is 6.92 Å². The van der Waals surface area contributed by atoms with E-state index < -0.39 is 17.7 Å². The Balaban J connectivity index is 0.00000289. The standard InChI is InChI=1S/C24H34N4O3.ClH/c1-3-7-27-22(29)15(2)28(20-6-4-5-19(11-20)21(25)26)23(30)31-24-12-16-8-17(13-24)10-18(9-16)14-24;/h4-6,11,15-18H,3,7-10,12-14H2,1-2H3,(H3,25,26)(H,27,29);1H/t15-,16?,17?,18?,24?;/m0./s1. The van der Waals surface area contributed by atoms with Crippen molar-refractivity contribution >= 4 is 35.9 Å². The molecular weight excluding hydrogens is 428 g/mol.